The quantitative estimate of drug-likeness (QED) is 0.0600. The van der Waals surface area contributed by atoms with E-state index < -0.39 is 30.1 Å². The van der Waals surface area contributed by atoms with E-state index in [2.05, 4.69) is 43.6 Å². The molecule has 0 saturated carbocycles. The molecule has 0 spiro atoms. The van der Waals surface area contributed by atoms with Crippen molar-refractivity contribution in [1.29, 1.82) is 0 Å². The van der Waals surface area contributed by atoms with Crippen molar-refractivity contribution < 1.29 is 87.0 Å². The first-order chi connectivity index (χ1) is 40.7. The number of methoxy groups -OCH3 is 3. The Morgan fingerprint density at radius 2 is 0.942 bits per heavy atom. The van der Waals surface area contributed by atoms with Crippen LogP contribution < -0.4 is 43.8 Å². The van der Waals surface area contributed by atoms with Crippen LogP contribution >= 0.6 is 0 Å². The first-order valence-corrected chi connectivity index (χ1v) is 27.2. The van der Waals surface area contributed by atoms with E-state index in [9.17, 15) is 37.8 Å². The summed E-state index contributed by atoms with van der Waals surface area (Å²) in [5, 5.41) is 40.4. The van der Waals surface area contributed by atoms with Gasteiger partial charge in [-0.2, -0.15) is 19.7 Å². The topological polar surface area (TPSA) is 245 Å². The van der Waals surface area contributed by atoms with Gasteiger partial charge in [-0.1, -0.05) is 43.3 Å². The number of aromatic amines is 3. The summed E-state index contributed by atoms with van der Waals surface area (Å²) in [5.41, 5.74) is 7.72. The summed E-state index contributed by atoms with van der Waals surface area (Å²) < 4.78 is 59.3. The predicted molar refractivity (Wildman–Crippen MR) is 309 cm³/mol. The molecule has 1 aliphatic carbocycles. The monoisotopic (exact) mass is 1180 g/mol. The molecule has 1 unspecified atom stereocenters. The Balaban J connectivity index is 0.000000166. The van der Waals surface area contributed by atoms with Crippen LogP contribution in [0.25, 0.3) is 33.4 Å². The summed E-state index contributed by atoms with van der Waals surface area (Å²) in [6, 6.07) is 27.4. The van der Waals surface area contributed by atoms with E-state index in [0.29, 0.717) is 69.5 Å². The van der Waals surface area contributed by atoms with Gasteiger partial charge in [0.2, 0.25) is 0 Å². The molecule has 86 heavy (non-hydrogen) atoms. The molecule has 6 atom stereocenters. The van der Waals surface area contributed by atoms with Gasteiger partial charge in [0.25, 0.3) is 23.5 Å². The van der Waals surface area contributed by atoms with Gasteiger partial charge in [-0.3, -0.25) is 29.7 Å². The first-order valence-electron chi connectivity index (χ1n) is 27.2. The molecule has 12 rings (SSSR count). The van der Waals surface area contributed by atoms with Gasteiger partial charge >= 0.3 is 29.6 Å². The second-order valence-corrected chi connectivity index (χ2v) is 20.7. The number of likely N-dealkylation sites (tertiary alicyclic amines) is 3. The van der Waals surface area contributed by atoms with Gasteiger partial charge in [0, 0.05) is 112 Å². The van der Waals surface area contributed by atoms with E-state index in [1.807, 2.05) is 12.1 Å². The Bertz CT molecular complexity index is 3570. The molecule has 0 bridgehead atoms. The van der Waals surface area contributed by atoms with Crippen molar-refractivity contribution in [2.24, 2.45) is 5.92 Å². The number of carbonyl (C=O) groups excluding carboxylic acids is 3. The van der Waals surface area contributed by atoms with E-state index in [4.69, 9.17) is 14.2 Å². The maximum atomic E-state index is 14.4. The van der Waals surface area contributed by atoms with Crippen LogP contribution in [0.4, 0.5) is 13.2 Å². The number of β-amino-alcohol motifs (C(OH)–C–C–N with tert-alkyl or cyclic N) is 2. The Morgan fingerprint density at radius 1 is 0.558 bits per heavy atom. The molecule has 6 N–H and O–H groups in total. The van der Waals surface area contributed by atoms with Crippen LogP contribution in [0.2, 0.25) is 0 Å². The Labute approximate surface area is 516 Å². The van der Waals surface area contributed by atoms with Crippen molar-refractivity contribution in [3.63, 3.8) is 0 Å². The van der Waals surface area contributed by atoms with Gasteiger partial charge < -0.3 is 44.6 Å². The van der Waals surface area contributed by atoms with Crippen molar-refractivity contribution in [2.45, 2.75) is 56.5 Å². The third kappa shape index (κ3) is 13.7. The molecule has 6 heterocycles. The molecule has 4 aliphatic rings. The molecule has 3 fully saturated rings. The van der Waals surface area contributed by atoms with Gasteiger partial charge in [-0.05, 0) is 85.5 Å². The number of halogens is 3. The average Bonchev–Trinajstić information content (AvgIpc) is 2.00. The van der Waals surface area contributed by atoms with Crippen molar-refractivity contribution in [3.8, 4) is 50.6 Å². The maximum Gasteiger partial charge on any atom is 1.00 e. The fourth-order valence-corrected chi connectivity index (χ4v) is 11.3. The number of amides is 3. The number of aliphatic hydroxyl groups excluding tert-OH is 2. The molecule has 3 aliphatic heterocycles. The van der Waals surface area contributed by atoms with Crippen LogP contribution in [0.5, 0.6) is 17.2 Å². The number of nitrogens with zero attached hydrogens (tertiary/aromatic N) is 6. The molecule has 18 nitrogen and oxygen atoms in total. The van der Waals surface area contributed by atoms with E-state index in [-0.39, 0.29) is 89.9 Å². The molecule has 0 radical (unpaired) electrons. The van der Waals surface area contributed by atoms with Gasteiger partial charge in [0.15, 0.2) is 0 Å². The molecule has 3 saturated heterocycles. The normalized spacial score (nSPS) is 19.3. The minimum atomic E-state index is -0.708. The Kier molecular flexibility index (Phi) is 21.0. The number of benzene rings is 5. The summed E-state index contributed by atoms with van der Waals surface area (Å²) >= 11 is 0. The first kappa shape index (κ1) is 63.4. The smallest absolute Gasteiger partial charge is 0.870 e. The molecule has 3 amide bonds. The van der Waals surface area contributed by atoms with Crippen LogP contribution in [0.15, 0.2) is 170 Å². The largest absolute Gasteiger partial charge is 1.00 e. The molecule has 22 heteroatoms. The number of H-pyrrole nitrogens is 3. The minimum absolute atomic E-state index is 0. The van der Waals surface area contributed by atoms with E-state index in [1.165, 1.54) is 42.2 Å². The van der Waals surface area contributed by atoms with Crippen molar-refractivity contribution in [3.05, 3.63) is 215 Å². The summed E-state index contributed by atoms with van der Waals surface area (Å²) in [4.78, 5) is 44.4. The van der Waals surface area contributed by atoms with Crippen molar-refractivity contribution in [2.75, 3.05) is 41.0 Å². The van der Waals surface area contributed by atoms with Gasteiger partial charge in [-0.25, -0.2) is 8.78 Å². The predicted octanol–water partition coefficient (Wildman–Crippen LogP) is 7.26. The molecule has 5 aromatic carbocycles. The number of hydrogen-bond donors (Lipinski definition) is 5. The third-order valence-corrected chi connectivity index (χ3v) is 15.3. The van der Waals surface area contributed by atoms with Gasteiger partial charge in [-0.15, -0.1) is 0 Å². The van der Waals surface area contributed by atoms with Gasteiger partial charge in [0.05, 0.1) is 76.4 Å². The molecule has 438 valence electrons. The number of aromatic nitrogens is 6. The third-order valence-electron chi connectivity index (χ3n) is 15.3. The van der Waals surface area contributed by atoms with Crippen molar-refractivity contribution in [1.82, 2.24) is 45.3 Å². The molecular weight excluding hydrogens is 1120 g/mol. The van der Waals surface area contributed by atoms with Gasteiger partial charge in [0.1, 0.15) is 46.6 Å². The second-order valence-electron chi connectivity index (χ2n) is 20.7. The average molecular weight is 1180 g/mol. The number of nitrogens with one attached hydrogen (secondary N) is 3. The van der Waals surface area contributed by atoms with Crippen LogP contribution in [0.1, 0.15) is 80.5 Å². The minimum Gasteiger partial charge on any atom is -0.870 e. The number of rotatable bonds is 12. The van der Waals surface area contributed by atoms with Crippen molar-refractivity contribution >= 4 is 17.7 Å². The van der Waals surface area contributed by atoms with Crippen LogP contribution in [-0.2, 0) is 0 Å². The summed E-state index contributed by atoms with van der Waals surface area (Å²) in [5.74, 6) is 0.130. The maximum absolute atomic E-state index is 14.4. The van der Waals surface area contributed by atoms with E-state index >= 15 is 0 Å². The zero-order chi connectivity index (χ0) is 59.0. The number of ether oxygens (including phenoxy) is 3. The summed E-state index contributed by atoms with van der Waals surface area (Å²) in [6.07, 6.45) is 17.5. The number of allylic oxidation sites excluding steroid dienone is 4. The fraction of sp³-hybridized carbons (Fsp3) is 0.250. The second kappa shape index (κ2) is 28.5. The number of aliphatic hydroxyl groups is 2. The number of carbonyl (C=O) groups is 3. The number of hydrogen-bond acceptors (Lipinski definition) is 12. The van der Waals surface area contributed by atoms with Crippen LogP contribution in [-0.4, -0.2) is 138 Å². The standard InChI is InChI=1S/C22H22FN3O2.C21H20FN3O3.C21H18FN3O3.Na.H2O/c1-14-9-20(18-5-3-4-6-19(18)23)26(13-14)22(27)15-7-8-17(21(10-15)28-2)16-11-24-25-12-16;2*1-28-20-8-13(6-7-16(20)14-10-23-24-11-14)21(27)25-12-15(26)9-19(25)17-4-2-3-5-18(17)22;;/h3-8,10-12,14,20H,9,13H2,1-2H3,(H,24,25);2-8,10-11,15,19,26H,9,12H2,1H3,(H,23,24);2-4,6-8,10-11,15,19,26H,9,12H2,1H3;;1H2/q;;;+1;/t14?,20-;15-,19+;15-,19-;;/m101../s1. The zero-order valence-corrected chi connectivity index (χ0v) is 49.8. The van der Waals surface area contributed by atoms with E-state index in [0.717, 1.165) is 39.8 Å². The zero-order valence-electron chi connectivity index (χ0n) is 47.8. The molecule has 8 aromatic rings. The Morgan fingerprint density at radius 3 is 1.33 bits per heavy atom. The Hall–Kier alpha value is -8.66. The van der Waals surface area contributed by atoms with Crippen LogP contribution in [0.3, 0.4) is 0 Å². The summed E-state index contributed by atoms with van der Waals surface area (Å²) in [6.45, 7) is 2.99. The SMILES string of the molecule is COc1cc(C(=O)N2CC(C)C[C@@H]2c2ccccc2F)ccc1-c1cn[nH]c1.COc1cc(C(=O)N2C[C@@H](O)C[C@@H]2c2ccccc2F)ccc1-c1cn[nH]c1.COc1cc(C(=O)N2C[C@H](O)C[C@@H]2C2=CC=C[C+]=C2F)ccc1-c1cn[nH]c1.[Na+].[OH-]. The summed E-state index contributed by atoms with van der Waals surface area (Å²) in [7, 11) is 4.65. The van der Waals surface area contributed by atoms with Crippen LogP contribution in [0, 0.1) is 23.6 Å². The fourth-order valence-electron chi connectivity index (χ4n) is 11.3. The van der Waals surface area contributed by atoms with E-state index in [1.54, 1.807) is 140 Å². The molecule has 3 aromatic heterocycles. The molecular formula is C64H62F3N9NaO9+.